The van der Waals surface area contributed by atoms with Crippen molar-refractivity contribution in [3.8, 4) is 5.75 Å². The van der Waals surface area contributed by atoms with E-state index in [0.29, 0.717) is 22.3 Å². The van der Waals surface area contributed by atoms with Gasteiger partial charge in [0.2, 0.25) is 5.91 Å². The minimum atomic E-state index is -0.135. The summed E-state index contributed by atoms with van der Waals surface area (Å²) >= 11 is 7.43. The van der Waals surface area contributed by atoms with Gasteiger partial charge in [0, 0.05) is 16.8 Å². The monoisotopic (exact) mass is 351 g/mol. The molecular weight excluding hydrogens is 334 g/mol. The third-order valence-electron chi connectivity index (χ3n) is 3.05. The molecule has 5 nitrogen and oxygen atoms in total. The molecule has 1 heterocycles. The number of anilines is 1. The molecule has 1 aromatic heterocycles. The second-order valence-corrected chi connectivity index (χ2v) is 6.44. The quantitative estimate of drug-likeness (QED) is 0.655. The van der Waals surface area contributed by atoms with Crippen molar-refractivity contribution in [2.45, 2.75) is 25.8 Å². The molecule has 23 heavy (non-hydrogen) atoms. The maximum atomic E-state index is 12.2. The number of rotatable bonds is 5. The van der Waals surface area contributed by atoms with Gasteiger partial charge in [-0.1, -0.05) is 23.4 Å². The Morgan fingerprint density at radius 1 is 1.26 bits per heavy atom. The van der Waals surface area contributed by atoms with Crippen molar-refractivity contribution in [2.75, 3.05) is 18.2 Å². The van der Waals surface area contributed by atoms with Crippen LogP contribution in [0.25, 0.3) is 0 Å². The van der Waals surface area contributed by atoms with Crippen molar-refractivity contribution in [3.05, 3.63) is 40.3 Å². The molecule has 0 aliphatic rings. The Kier molecular flexibility index (Phi) is 5.85. The highest BCUT2D eigenvalue weighted by Crippen LogP contribution is 2.31. The van der Waals surface area contributed by atoms with Crippen LogP contribution >= 0.6 is 23.4 Å². The Hall–Kier alpha value is -1.79. The lowest BCUT2D eigenvalue weighted by Crippen LogP contribution is -2.15. The Balaban J connectivity index is 2.04. The highest BCUT2D eigenvalue weighted by molar-refractivity contribution is 7.99. The zero-order valence-electron chi connectivity index (χ0n) is 13.4. The zero-order chi connectivity index (χ0) is 17.0. The van der Waals surface area contributed by atoms with E-state index in [1.165, 1.54) is 18.9 Å². The summed E-state index contributed by atoms with van der Waals surface area (Å²) in [5.41, 5.74) is 2.36. The Labute approximate surface area is 144 Å². The number of hydrogen-bond acceptors (Lipinski definition) is 5. The van der Waals surface area contributed by atoms with Crippen LogP contribution in [0.5, 0.6) is 5.75 Å². The lowest BCUT2D eigenvalue weighted by molar-refractivity contribution is -0.113. The fraction of sp³-hybridized carbons (Fsp3) is 0.312. The maximum Gasteiger partial charge on any atom is 0.234 e. The van der Waals surface area contributed by atoms with Gasteiger partial charge in [0.1, 0.15) is 16.6 Å². The van der Waals surface area contributed by atoms with Crippen LogP contribution in [0.15, 0.2) is 23.2 Å². The van der Waals surface area contributed by atoms with Gasteiger partial charge in [-0.25, -0.2) is 9.97 Å². The molecule has 1 N–H and O–H groups in total. The number of aromatic nitrogens is 2. The van der Waals surface area contributed by atoms with Gasteiger partial charge in [-0.3, -0.25) is 4.79 Å². The molecule has 122 valence electrons. The van der Waals surface area contributed by atoms with Gasteiger partial charge >= 0.3 is 0 Å². The van der Waals surface area contributed by atoms with Crippen molar-refractivity contribution in [3.63, 3.8) is 0 Å². The number of aryl methyl sites for hydroxylation is 3. The summed E-state index contributed by atoms with van der Waals surface area (Å²) in [5, 5.41) is 4.22. The van der Waals surface area contributed by atoms with Crippen LogP contribution < -0.4 is 10.1 Å². The molecule has 0 aliphatic carbocycles. The zero-order valence-corrected chi connectivity index (χ0v) is 15.0. The fourth-order valence-corrected chi connectivity index (χ4v) is 2.97. The van der Waals surface area contributed by atoms with Crippen LogP contribution in [-0.2, 0) is 4.79 Å². The number of halogens is 1. The van der Waals surface area contributed by atoms with Gasteiger partial charge in [0.15, 0.2) is 0 Å². The summed E-state index contributed by atoms with van der Waals surface area (Å²) in [6.07, 6.45) is 0. The van der Waals surface area contributed by atoms with E-state index in [0.717, 1.165) is 16.3 Å². The summed E-state index contributed by atoms with van der Waals surface area (Å²) in [4.78, 5) is 20.7. The minimum Gasteiger partial charge on any atom is -0.495 e. The van der Waals surface area contributed by atoms with Crippen molar-refractivity contribution in [1.82, 2.24) is 9.97 Å². The summed E-state index contributed by atoms with van der Waals surface area (Å²) in [7, 11) is 1.54. The predicted octanol–water partition coefficient (Wildman–Crippen LogP) is 3.79. The highest BCUT2D eigenvalue weighted by Gasteiger charge is 2.11. The molecule has 2 rings (SSSR count). The fourth-order valence-electron chi connectivity index (χ4n) is 2.01. The molecule has 0 spiro atoms. The topological polar surface area (TPSA) is 64.1 Å². The number of thioether (sulfide) groups is 1. The first-order chi connectivity index (χ1) is 10.9. The van der Waals surface area contributed by atoms with Gasteiger partial charge in [-0.15, -0.1) is 0 Å². The van der Waals surface area contributed by atoms with Gasteiger partial charge in [0.25, 0.3) is 0 Å². The van der Waals surface area contributed by atoms with Gasteiger partial charge < -0.3 is 10.1 Å². The Morgan fingerprint density at radius 2 is 2.00 bits per heavy atom. The molecule has 0 fully saturated rings. The van der Waals surface area contributed by atoms with E-state index >= 15 is 0 Å². The average Bonchev–Trinajstić information content (AvgIpc) is 2.47. The van der Waals surface area contributed by atoms with Crippen molar-refractivity contribution < 1.29 is 9.53 Å². The SMILES string of the molecule is COc1cc(Cl)c(C)cc1NC(=O)CSc1cc(C)nc(C)n1. The first kappa shape index (κ1) is 17.6. The van der Waals surface area contributed by atoms with Crippen molar-refractivity contribution in [2.24, 2.45) is 0 Å². The molecule has 2 aromatic rings. The molecule has 0 atom stereocenters. The molecule has 0 aliphatic heterocycles. The number of methoxy groups -OCH3 is 1. The van der Waals surface area contributed by atoms with E-state index < -0.39 is 0 Å². The molecule has 0 bridgehead atoms. The van der Waals surface area contributed by atoms with E-state index in [1.54, 1.807) is 12.1 Å². The average molecular weight is 352 g/mol. The first-order valence-electron chi connectivity index (χ1n) is 6.98. The largest absolute Gasteiger partial charge is 0.495 e. The lowest BCUT2D eigenvalue weighted by Gasteiger charge is -2.12. The van der Waals surface area contributed by atoms with Crippen LogP contribution in [0.3, 0.4) is 0 Å². The van der Waals surface area contributed by atoms with Crippen LogP contribution in [0.1, 0.15) is 17.1 Å². The second-order valence-electron chi connectivity index (χ2n) is 5.03. The summed E-state index contributed by atoms with van der Waals surface area (Å²) in [6.45, 7) is 5.61. The second kappa shape index (κ2) is 7.66. The standard InChI is InChI=1S/C16H18ClN3O2S/c1-9-5-13(14(22-4)7-12(9)17)20-15(21)8-23-16-6-10(2)18-11(3)19-16/h5-7H,8H2,1-4H3,(H,20,21). The highest BCUT2D eigenvalue weighted by atomic mass is 35.5. The third-order valence-corrected chi connectivity index (χ3v) is 4.37. The first-order valence-corrected chi connectivity index (χ1v) is 8.34. The van der Waals surface area contributed by atoms with Gasteiger partial charge in [-0.05, 0) is 38.5 Å². The van der Waals surface area contributed by atoms with Crippen LogP contribution in [0.4, 0.5) is 5.69 Å². The van der Waals surface area contributed by atoms with Crippen LogP contribution in [0.2, 0.25) is 5.02 Å². The number of hydrogen-bond donors (Lipinski definition) is 1. The molecule has 0 unspecified atom stereocenters. The minimum absolute atomic E-state index is 0.135. The summed E-state index contributed by atoms with van der Waals surface area (Å²) in [6, 6.07) is 5.34. The molecule has 0 saturated heterocycles. The molecular formula is C16H18ClN3O2S. The molecule has 1 aromatic carbocycles. The Morgan fingerprint density at radius 3 is 2.65 bits per heavy atom. The number of amides is 1. The Bertz CT molecular complexity index is 717. The maximum absolute atomic E-state index is 12.2. The molecule has 0 saturated carbocycles. The normalized spacial score (nSPS) is 10.5. The molecule has 1 amide bonds. The molecule has 7 heteroatoms. The summed E-state index contributed by atoms with van der Waals surface area (Å²) in [5.74, 6) is 1.35. The number of ether oxygens (including phenoxy) is 1. The van der Waals surface area contributed by atoms with E-state index in [9.17, 15) is 4.79 Å². The number of nitrogens with one attached hydrogen (secondary N) is 1. The smallest absolute Gasteiger partial charge is 0.234 e. The van der Waals surface area contributed by atoms with E-state index in [2.05, 4.69) is 15.3 Å². The van der Waals surface area contributed by atoms with Crippen molar-refractivity contribution >= 4 is 35.0 Å². The predicted molar refractivity (Wildman–Crippen MR) is 93.6 cm³/mol. The van der Waals surface area contributed by atoms with Gasteiger partial charge in [0.05, 0.1) is 18.6 Å². The molecule has 0 radical (unpaired) electrons. The number of nitrogens with zero attached hydrogens (tertiary/aromatic N) is 2. The van der Waals surface area contributed by atoms with Crippen molar-refractivity contribution in [1.29, 1.82) is 0 Å². The van der Waals surface area contributed by atoms with Gasteiger partial charge in [-0.2, -0.15) is 0 Å². The van der Waals surface area contributed by atoms with E-state index in [4.69, 9.17) is 16.3 Å². The van der Waals surface area contributed by atoms with E-state index in [-0.39, 0.29) is 11.7 Å². The van der Waals surface area contributed by atoms with Crippen LogP contribution in [0, 0.1) is 20.8 Å². The van der Waals surface area contributed by atoms with Crippen LogP contribution in [-0.4, -0.2) is 28.7 Å². The number of benzene rings is 1. The third kappa shape index (κ3) is 4.84. The lowest BCUT2D eigenvalue weighted by atomic mass is 10.2. The van der Waals surface area contributed by atoms with E-state index in [1.807, 2.05) is 26.8 Å². The summed E-state index contributed by atoms with van der Waals surface area (Å²) < 4.78 is 5.25. The number of carbonyl (C=O) groups is 1. The number of carbonyl (C=O) groups excluding carboxylic acids is 1.